The Hall–Kier alpha value is -3.52. The average Bonchev–Trinajstić information content (AvgIpc) is 3.19. The number of benzene rings is 3. The molecule has 0 aliphatic heterocycles. The number of anilines is 1. The van der Waals surface area contributed by atoms with Crippen molar-refractivity contribution in [3.05, 3.63) is 89.5 Å². The number of halogens is 2. The second kappa shape index (κ2) is 9.32. The molecule has 0 aliphatic rings. The Morgan fingerprint density at radius 3 is 2.25 bits per heavy atom. The van der Waals surface area contributed by atoms with Crippen LogP contribution in [0.5, 0.6) is 0 Å². The molecule has 5 nitrogen and oxygen atoms in total. The quantitative estimate of drug-likeness (QED) is 0.391. The Bertz CT molecular complexity index is 1250. The summed E-state index contributed by atoms with van der Waals surface area (Å²) < 4.78 is 28.6. The number of nitrogens with zero attached hydrogens (tertiary/aromatic N) is 3. The van der Waals surface area contributed by atoms with Gasteiger partial charge in [-0.05, 0) is 74.0 Å². The fourth-order valence-electron chi connectivity index (χ4n) is 3.24. The molecule has 1 N–H and O–H groups in total. The SMILES string of the molecule is Cc1ccc(NC(=O)CSc2nnc(-c3ccc(F)cc3)n2-c2ccc(F)cc2)c(C)c1. The van der Waals surface area contributed by atoms with E-state index in [-0.39, 0.29) is 23.3 Å². The number of amides is 1. The molecule has 0 aliphatic carbocycles. The fourth-order valence-corrected chi connectivity index (χ4v) is 3.99. The summed E-state index contributed by atoms with van der Waals surface area (Å²) in [5.74, 6) is -0.338. The first-order valence-corrected chi connectivity index (χ1v) is 10.9. The molecule has 8 heteroatoms. The highest BCUT2D eigenvalue weighted by Gasteiger charge is 2.18. The summed E-state index contributed by atoms with van der Waals surface area (Å²) in [5.41, 5.74) is 4.14. The Labute approximate surface area is 188 Å². The number of aromatic nitrogens is 3. The van der Waals surface area contributed by atoms with E-state index < -0.39 is 0 Å². The number of hydrogen-bond acceptors (Lipinski definition) is 4. The van der Waals surface area contributed by atoms with Gasteiger partial charge in [0.15, 0.2) is 11.0 Å². The van der Waals surface area contributed by atoms with Crippen molar-refractivity contribution in [3.8, 4) is 17.1 Å². The van der Waals surface area contributed by atoms with Gasteiger partial charge in [-0.2, -0.15) is 0 Å². The summed E-state index contributed by atoms with van der Waals surface area (Å²) >= 11 is 1.21. The van der Waals surface area contributed by atoms with Crippen LogP contribution in [0.4, 0.5) is 14.5 Å². The van der Waals surface area contributed by atoms with Crippen LogP contribution in [0, 0.1) is 25.5 Å². The van der Waals surface area contributed by atoms with Gasteiger partial charge in [-0.1, -0.05) is 29.5 Å². The highest BCUT2D eigenvalue weighted by atomic mass is 32.2. The predicted octanol–water partition coefficient (Wildman–Crippen LogP) is 5.56. The molecule has 1 amide bonds. The van der Waals surface area contributed by atoms with Crippen molar-refractivity contribution in [1.82, 2.24) is 14.8 Å². The van der Waals surface area contributed by atoms with Crippen LogP contribution >= 0.6 is 11.8 Å². The number of thioether (sulfide) groups is 1. The molecule has 3 aromatic carbocycles. The van der Waals surface area contributed by atoms with Crippen molar-refractivity contribution in [2.45, 2.75) is 19.0 Å². The standard InChI is InChI=1S/C24H20F2N4OS/c1-15-3-12-21(16(2)13-15)27-22(31)14-32-24-29-28-23(17-4-6-18(25)7-5-17)30(24)20-10-8-19(26)9-11-20/h3-13H,14H2,1-2H3,(H,27,31). The first-order valence-electron chi connectivity index (χ1n) is 9.88. The van der Waals surface area contributed by atoms with E-state index in [2.05, 4.69) is 15.5 Å². The van der Waals surface area contributed by atoms with Crippen molar-refractivity contribution in [2.75, 3.05) is 11.1 Å². The van der Waals surface area contributed by atoms with Crippen LogP contribution in [0.15, 0.2) is 71.9 Å². The first kappa shape index (κ1) is 21.7. The molecule has 0 bridgehead atoms. The van der Waals surface area contributed by atoms with Crippen LogP contribution in [0.1, 0.15) is 11.1 Å². The van der Waals surface area contributed by atoms with E-state index in [1.165, 1.54) is 36.0 Å². The molecule has 0 saturated carbocycles. The average molecular weight is 451 g/mol. The number of carbonyl (C=O) groups is 1. The van der Waals surface area contributed by atoms with E-state index in [4.69, 9.17) is 0 Å². The zero-order valence-electron chi connectivity index (χ0n) is 17.5. The van der Waals surface area contributed by atoms with Gasteiger partial charge >= 0.3 is 0 Å². The van der Waals surface area contributed by atoms with Crippen LogP contribution in [0.3, 0.4) is 0 Å². The van der Waals surface area contributed by atoms with E-state index >= 15 is 0 Å². The summed E-state index contributed by atoms with van der Waals surface area (Å²) in [7, 11) is 0. The summed E-state index contributed by atoms with van der Waals surface area (Å²) in [5, 5.41) is 11.9. The van der Waals surface area contributed by atoms with Crippen molar-refractivity contribution >= 4 is 23.4 Å². The topological polar surface area (TPSA) is 59.8 Å². The molecule has 0 spiro atoms. The number of nitrogens with one attached hydrogen (secondary N) is 1. The Morgan fingerprint density at radius 2 is 1.59 bits per heavy atom. The van der Waals surface area contributed by atoms with E-state index in [1.54, 1.807) is 28.8 Å². The van der Waals surface area contributed by atoms with Gasteiger partial charge in [-0.25, -0.2) is 8.78 Å². The molecule has 4 aromatic rings. The Kier molecular flexibility index (Phi) is 6.32. The molecular weight excluding hydrogens is 430 g/mol. The van der Waals surface area contributed by atoms with E-state index in [9.17, 15) is 13.6 Å². The summed E-state index contributed by atoms with van der Waals surface area (Å²) in [4.78, 5) is 12.5. The minimum Gasteiger partial charge on any atom is -0.325 e. The first-order chi connectivity index (χ1) is 15.4. The van der Waals surface area contributed by atoms with Gasteiger partial charge in [0.25, 0.3) is 0 Å². The zero-order valence-corrected chi connectivity index (χ0v) is 18.3. The van der Waals surface area contributed by atoms with E-state index in [0.29, 0.717) is 22.2 Å². The summed E-state index contributed by atoms with van der Waals surface area (Å²) in [6.45, 7) is 3.94. The largest absolute Gasteiger partial charge is 0.325 e. The van der Waals surface area contributed by atoms with Gasteiger partial charge in [-0.15, -0.1) is 10.2 Å². The maximum Gasteiger partial charge on any atom is 0.234 e. The van der Waals surface area contributed by atoms with Crippen molar-refractivity contribution < 1.29 is 13.6 Å². The lowest BCUT2D eigenvalue weighted by Crippen LogP contribution is -2.15. The minimum atomic E-state index is -0.368. The van der Waals surface area contributed by atoms with E-state index in [1.807, 2.05) is 32.0 Å². The third-order valence-electron chi connectivity index (χ3n) is 4.81. The second-order valence-corrected chi connectivity index (χ2v) is 8.22. The van der Waals surface area contributed by atoms with Gasteiger partial charge in [0.2, 0.25) is 5.91 Å². The second-order valence-electron chi connectivity index (χ2n) is 7.28. The van der Waals surface area contributed by atoms with Gasteiger partial charge < -0.3 is 5.32 Å². The molecule has 0 radical (unpaired) electrons. The molecule has 0 unspecified atom stereocenters. The van der Waals surface area contributed by atoms with Gasteiger partial charge in [0, 0.05) is 16.9 Å². The van der Waals surface area contributed by atoms with Crippen molar-refractivity contribution in [2.24, 2.45) is 0 Å². The normalized spacial score (nSPS) is 10.9. The van der Waals surface area contributed by atoms with E-state index in [0.717, 1.165) is 16.8 Å². The lowest BCUT2D eigenvalue weighted by atomic mass is 10.1. The minimum absolute atomic E-state index is 0.107. The third kappa shape index (κ3) is 4.86. The zero-order chi connectivity index (χ0) is 22.7. The molecule has 0 fully saturated rings. The van der Waals surface area contributed by atoms with Crippen LogP contribution < -0.4 is 5.32 Å². The molecule has 4 rings (SSSR count). The number of hydrogen-bond donors (Lipinski definition) is 1. The molecule has 162 valence electrons. The molecule has 0 saturated heterocycles. The maximum atomic E-state index is 13.5. The monoisotopic (exact) mass is 450 g/mol. The maximum absolute atomic E-state index is 13.5. The molecule has 0 atom stereocenters. The Balaban J connectivity index is 1.60. The molecule has 1 heterocycles. The van der Waals surface area contributed by atoms with Crippen LogP contribution in [-0.4, -0.2) is 26.4 Å². The lowest BCUT2D eigenvalue weighted by molar-refractivity contribution is -0.113. The highest BCUT2D eigenvalue weighted by molar-refractivity contribution is 7.99. The van der Waals surface area contributed by atoms with Gasteiger partial charge in [0.05, 0.1) is 5.75 Å². The van der Waals surface area contributed by atoms with Crippen LogP contribution in [0.25, 0.3) is 17.1 Å². The van der Waals surface area contributed by atoms with Crippen LogP contribution in [-0.2, 0) is 4.79 Å². The van der Waals surface area contributed by atoms with Crippen molar-refractivity contribution in [3.63, 3.8) is 0 Å². The predicted molar refractivity (Wildman–Crippen MR) is 122 cm³/mol. The van der Waals surface area contributed by atoms with Crippen LogP contribution in [0.2, 0.25) is 0 Å². The van der Waals surface area contributed by atoms with Crippen molar-refractivity contribution in [1.29, 1.82) is 0 Å². The highest BCUT2D eigenvalue weighted by Crippen LogP contribution is 2.28. The molecule has 32 heavy (non-hydrogen) atoms. The third-order valence-corrected chi connectivity index (χ3v) is 5.74. The van der Waals surface area contributed by atoms with Gasteiger partial charge in [-0.3, -0.25) is 9.36 Å². The smallest absolute Gasteiger partial charge is 0.234 e. The summed E-state index contributed by atoms with van der Waals surface area (Å²) in [6.07, 6.45) is 0. The molecule has 1 aromatic heterocycles. The number of rotatable bonds is 6. The summed E-state index contributed by atoms with van der Waals surface area (Å²) in [6, 6.07) is 17.6. The number of carbonyl (C=O) groups excluding carboxylic acids is 1. The lowest BCUT2D eigenvalue weighted by Gasteiger charge is -2.11. The number of aryl methyl sites for hydroxylation is 2. The fraction of sp³-hybridized carbons (Fsp3) is 0.125. The Morgan fingerprint density at radius 1 is 0.938 bits per heavy atom. The molecular formula is C24H20F2N4OS. The van der Waals surface area contributed by atoms with Gasteiger partial charge in [0.1, 0.15) is 11.6 Å².